The van der Waals surface area contributed by atoms with Gasteiger partial charge in [-0.05, 0) is 31.0 Å². The largest absolute Gasteiger partial charge is 0.322 e. The summed E-state index contributed by atoms with van der Waals surface area (Å²) in [5, 5.41) is 0. The van der Waals surface area contributed by atoms with E-state index in [-0.39, 0.29) is 11.4 Å². The monoisotopic (exact) mass is 223 g/mol. The molecule has 1 rings (SSSR count). The van der Waals surface area contributed by atoms with Gasteiger partial charge >= 0.3 is 0 Å². The van der Waals surface area contributed by atoms with Crippen LogP contribution in [0.15, 0.2) is 24.3 Å². The molecule has 90 valence electrons. The van der Waals surface area contributed by atoms with Crippen LogP contribution in [0, 0.1) is 5.82 Å². The molecule has 0 radical (unpaired) electrons. The molecule has 2 N–H and O–H groups in total. The summed E-state index contributed by atoms with van der Waals surface area (Å²) in [6.45, 7) is 4.22. The molecule has 0 fully saturated rings. The third-order valence-electron chi connectivity index (χ3n) is 3.05. The van der Waals surface area contributed by atoms with Crippen molar-refractivity contribution in [1.29, 1.82) is 0 Å². The molecule has 2 heteroatoms. The van der Waals surface area contributed by atoms with Crippen LogP contribution in [0.25, 0.3) is 0 Å². The molecular formula is C14H22FN. The van der Waals surface area contributed by atoms with E-state index in [0.717, 1.165) is 18.4 Å². The summed E-state index contributed by atoms with van der Waals surface area (Å²) in [5.74, 6) is -0.203. The highest BCUT2D eigenvalue weighted by molar-refractivity contribution is 5.23. The fraction of sp³-hybridized carbons (Fsp3) is 0.571. The zero-order valence-electron chi connectivity index (χ0n) is 10.3. The zero-order valence-corrected chi connectivity index (χ0v) is 10.3. The number of hydrogen-bond donors (Lipinski definition) is 1. The second kappa shape index (κ2) is 6.00. The molecule has 0 aliphatic carbocycles. The van der Waals surface area contributed by atoms with Gasteiger partial charge in [0.05, 0.1) is 0 Å². The number of rotatable bonds is 6. The Morgan fingerprint density at radius 3 is 2.31 bits per heavy atom. The molecule has 0 saturated carbocycles. The van der Waals surface area contributed by atoms with Crippen molar-refractivity contribution >= 4 is 0 Å². The Kier molecular flexibility index (Phi) is 4.94. The average Bonchev–Trinajstić information content (AvgIpc) is 2.25. The average molecular weight is 223 g/mol. The van der Waals surface area contributed by atoms with E-state index in [1.807, 2.05) is 6.92 Å². The molecule has 0 aromatic heterocycles. The van der Waals surface area contributed by atoms with Crippen molar-refractivity contribution in [2.24, 2.45) is 5.73 Å². The molecule has 1 nitrogen and oxygen atoms in total. The van der Waals surface area contributed by atoms with Crippen LogP contribution in [0.5, 0.6) is 0 Å². The van der Waals surface area contributed by atoms with Crippen molar-refractivity contribution in [3.8, 4) is 0 Å². The van der Waals surface area contributed by atoms with E-state index in [2.05, 4.69) is 6.92 Å². The Labute approximate surface area is 97.9 Å². The van der Waals surface area contributed by atoms with Gasteiger partial charge in [-0.25, -0.2) is 4.39 Å². The minimum atomic E-state index is -0.332. The highest BCUT2D eigenvalue weighted by Gasteiger charge is 2.20. The lowest BCUT2D eigenvalue weighted by Gasteiger charge is -2.25. The Hall–Kier alpha value is -0.890. The lowest BCUT2D eigenvalue weighted by atomic mass is 9.87. The lowest BCUT2D eigenvalue weighted by Crippen LogP contribution is -2.32. The Morgan fingerprint density at radius 1 is 1.12 bits per heavy atom. The third-order valence-corrected chi connectivity index (χ3v) is 3.05. The summed E-state index contributed by atoms with van der Waals surface area (Å²) in [5.41, 5.74) is 6.93. The molecule has 0 aliphatic rings. The maximum absolute atomic E-state index is 12.8. The maximum atomic E-state index is 12.8. The van der Waals surface area contributed by atoms with Gasteiger partial charge in [0.2, 0.25) is 0 Å². The van der Waals surface area contributed by atoms with E-state index in [1.165, 1.54) is 31.4 Å². The van der Waals surface area contributed by atoms with Crippen molar-refractivity contribution in [2.45, 2.75) is 51.5 Å². The fourth-order valence-corrected chi connectivity index (χ4v) is 1.89. The Morgan fingerprint density at radius 2 is 1.75 bits per heavy atom. The van der Waals surface area contributed by atoms with Crippen molar-refractivity contribution in [3.05, 3.63) is 35.6 Å². The molecule has 0 heterocycles. The predicted octanol–water partition coefficient (Wildman–Crippen LogP) is 3.97. The van der Waals surface area contributed by atoms with Crippen molar-refractivity contribution < 1.29 is 4.39 Å². The van der Waals surface area contributed by atoms with Gasteiger partial charge in [-0.15, -0.1) is 0 Å². The summed E-state index contributed by atoms with van der Waals surface area (Å²) in [6.07, 6.45) is 5.82. The van der Waals surface area contributed by atoms with Gasteiger partial charge < -0.3 is 5.73 Å². The highest BCUT2D eigenvalue weighted by atomic mass is 19.1. The van der Waals surface area contributed by atoms with Gasteiger partial charge in [0.25, 0.3) is 0 Å². The van der Waals surface area contributed by atoms with Gasteiger partial charge in [0.1, 0.15) is 5.82 Å². The smallest absolute Gasteiger partial charge is 0.123 e. The van der Waals surface area contributed by atoms with Crippen LogP contribution in [0.1, 0.15) is 51.5 Å². The molecule has 1 atom stereocenters. The van der Waals surface area contributed by atoms with Gasteiger partial charge in [-0.2, -0.15) is 0 Å². The third kappa shape index (κ3) is 3.93. The lowest BCUT2D eigenvalue weighted by molar-refractivity contribution is 0.423. The summed E-state index contributed by atoms with van der Waals surface area (Å²) in [7, 11) is 0. The molecular weight excluding hydrogens is 201 g/mol. The fourth-order valence-electron chi connectivity index (χ4n) is 1.89. The number of hydrogen-bond acceptors (Lipinski definition) is 1. The second-order valence-corrected chi connectivity index (χ2v) is 4.74. The molecule has 0 aliphatic heterocycles. The minimum absolute atomic E-state index is 0.203. The van der Waals surface area contributed by atoms with E-state index in [4.69, 9.17) is 5.73 Å². The van der Waals surface area contributed by atoms with E-state index in [1.54, 1.807) is 12.1 Å². The number of unbranched alkanes of at least 4 members (excludes halogenated alkanes) is 3. The molecule has 0 spiro atoms. The van der Waals surface area contributed by atoms with Gasteiger partial charge in [-0.3, -0.25) is 0 Å². The van der Waals surface area contributed by atoms with Crippen LogP contribution in [0.3, 0.4) is 0 Å². The van der Waals surface area contributed by atoms with Crippen LogP contribution in [0.4, 0.5) is 4.39 Å². The van der Waals surface area contributed by atoms with E-state index in [9.17, 15) is 4.39 Å². The van der Waals surface area contributed by atoms with E-state index in [0.29, 0.717) is 0 Å². The normalized spacial score (nSPS) is 14.8. The van der Waals surface area contributed by atoms with Crippen LogP contribution < -0.4 is 5.73 Å². The zero-order chi connectivity index (χ0) is 12.0. The summed E-state index contributed by atoms with van der Waals surface area (Å²) >= 11 is 0. The standard InChI is InChI=1S/C14H22FN/c1-3-4-5-6-11-14(2,16)12-7-9-13(15)10-8-12/h7-10H,3-6,11,16H2,1-2H3. The number of benzene rings is 1. The first-order chi connectivity index (χ1) is 7.56. The van der Waals surface area contributed by atoms with Gasteiger partial charge in [-0.1, -0.05) is 44.7 Å². The van der Waals surface area contributed by atoms with Crippen molar-refractivity contribution in [3.63, 3.8) is 0 Å². The van der Waals surface area contributed by atoms with E-state index >= 15 is 0 Å². The topological polar surface area (TPSA) is 26.0 Å². The SMILES string of the molecule is CCCCCCC(C)(N)c1ccc(F)cc1. The maximum Gasteiger partial charge on any atom is 0.123 e. The first kappa shape index (κ1) is 13.2. The van der Waals surface area contributed by atoms with Crippen LogP contribution in [0.2, 0.25) is 0 Å². The Bertz CT molecular complexity index is 303. The van der Waals surface area contributed by atoms with Crippen molar-refractivity contribution in [1.82, 2.24) is 0 Å². The summed E-state index contributed by atoms with van der Waals surface area (Å²) < 4.78 is 12.8. The predicted molar refractivity (Wildman–Crippen MR) is 66.7 cm³/mol. The summed E-state index contributed by atoms with van der Waals surface area (Å²) in [4.78, 5) is 0. The van der Waals surface area contributed by atoms with Crippen molar-refractivity contribution in [2.75, 3.05) is 0 Å². The number of nitrogens with two attached hydrogens (primary N) is 1. The molecule has 1 aromatic rings. The van der Waals surface area contributed by atoms with E-state index < -0.39 is 0 Å². The molecule has 0 saturated heterocycles. The molecule has 0 amide bonds. The van der Waals surface area contributed by atoms with Crippen LogP contribution in [-0.4, -0.2) is 0 Å². The highest BCUT2D eigenvalue weighted by Crippen LogP contribution is 2.24. The summed E-state index contributed by atoms with van der Waals surface area (Å²) in [6, 6.07) is 6.53. The van der Waals surface area contributed by atoms with Gasteiger partial charge in [0, 0.05) is 5.54 Å². The first-order valence-electron chi connectivity index (χ1n) is 6.11. The Balaban J connectivity index is 2.52. The van der Waals surface area contributed by atoms with Crippen LogP contribution in [-0.2, 0) is 5.54 Å². The molecule has 1 unspecified atom stereocenters. The minimum Gasteiger partial charge on any atom is -0.322 e. The molecule has 16 heavy (non-hydrogen) atoms. The van der Waals surface area contributed by atoms with Gasteiger partial charge in [0.15, 0.2) is 0 Å². The first-order valence-corrected chi connectivity index (χ1v) is 6.11. The second-order valence-electron chi connectivity index (χ2n) is 4.74. The molecule has 0 bridgehead atoms. The quantitative estimate of drug-likeness (QED) is 0.725. The van der Waals surface area contributed by atoms with Crippen LogP contribution >= 0.6 is 0 Å². The molecule has 1 aromatic carbocycles. The number of halogens is 1.